The maximum atomic E-state index is 14.3. The molecule has 0 aromatic carbocycles. The first-order valence-electron chi connectivity index (χ1n) is 14.3. The van der Waals surface area contributed by atoms with Crippen molar-refractivity contribution in [3.8, 4) is 6.07 Å². The van der Waals surface area contributed by atoms with Gasteiger partial charge in [-0.05, 0) is 90.3 Å². The third kappa shape index (κ3) is 4.04. The highest BCUT2D eigenvalue weighted by Gasteiger charge is 2.68. The number of carbonyl (C=O) groups excluding carboxylic acids is 2. The molecule has 0 aliphatic heterocycles. The second-order valence-corrected chi connectivity index (χ2v) is 16.4. The van der Waals surface area contributed by atoms with Crippen LogP contribution in [0.4, 0.5) is 0 Å². The van der Waals surface area contributed by atoms with Crippen LogP contribution in [-0.4, -0.2) is 28.0 Å². The molecule has 4 saturated carbocycles. The van der Waals surface area contributed by atoms with Gasteiger partial charge in [-0.3, -0.25) is 14.1 Å². The first-order valence-corrected chi connectivity index (χ1v) is 15.8. The summed E-state index contributed by atoms with van der Waals surface area (Å²) in [4.78, 5) is 46.5. The Morgan fingerprint density at radius 3 is 2.32 bits per heavy atom. The van der Waals surface area contributed by atoms with Crippen LogP contribution in [0, 0.1) is 68.0 Å². The van der Waals surface area contributed by atoms with Crippen molar-refractivity contribution in [2.75, 3.05) is 6.61 Å². The van der Waals surface area contributed by atoms with Gasteiger partial charge >= 0.3 is 7.82 Å². The molecule has 0 aromatic heterocycles. The summed E-state index contributed by atoms with van der Waals surface area (Å²) in [6, 6.07) is 2.17. The zero-order valence-corrected chi connectivity index (χ0v) is 24.6. The molecule has 0 bridgehead atoms. The van der Waals surface area contributed by atoms with Crippen LogP contribution in [0.1, 0.15) is 92.9 Å². The monoisotopic (exact) mass is 545 g/mol. The molecule has 0 radical (unpaired) electrons. The molecule has 5 rings (SSSR count). The second-order valence-electron chi connectivity index (χ2n) is 15.2. The van der Waals surface area contributed by atoms with Crippen molar-refractivity contribution in [1.82, 2.24) is 0 Å². The molecular formula is C30H44NO6P. The third-order valence-electron chi connectivity index (χ3n) is 12.4. The lowest BCUT2D eigenvalue weighted by Crippen LogP contribution is -2.65. The average Bonchev–Trinajstić information content (AvgIpc) is 2.81. The fraction of sp³-hybridized carbons (Fsp3) is 0.833. The number of phosphoric acid groups is 1. The van der Waals surface area contributed by atoms with E-state index in [0.29, 0.717) is 6.42 Å². The SMILES string of the molecule is CC1(C)CCC2(COP(=O)(O)O)CCC3C(C(=O)CC4C5(C)C=C(C#N)C(=O)C(C)(C)C5CCC34C)C2C1. The maximum absolute atomic E-state index is 14.3. The van der Waals surface area contributed by atoms with Crippen molar-refractivity contribution in [3.05, 3.63) is 11.6 Å². The summed E-state index contributed by atoms with van der Waals surface area (Å²) in [7, 11) is -4.62. The van der Waals surface area contributed by atoms with E-state index in [-0.39, 0.29) is 64.2 Å². The van der Waals surface area contributed by atoms with Gasteiger partial charge in [0.1, 0.15) is 11.9 Å². The molecule has 8 atom stereocenters. The van der Waals surface area contributed by atoms with Gasteiger partial charge in [0.15, 0.2) is 5.78 Å². The van der Waals surface area contributed by atoms with Crippen molar-refractivity contribution in [2.45, 2.75) is 92.9 Å². The molecule has 2 N–H and O–H groups in total. The number of hydrogen-bond acceptors (Lipinski definition) is 5. The Kier molecular flexibility index (Phi) is 6.38. The first-order chi connectivity index (χ1) is 17.4. The van der Waals surface area contributed by atoms with Gasteiger partial charge in [-0.25, -0.2) is 4.57 Å². The van der Waals surface area contributed by atoms with Crippen LogP contribution in [0.3, 0.4) is 0 Å². The predicted molar refractivity (Wildman–Crippen MR) is 142 cm³/mol. The molecular weight excluding hydrogens is 501 g/mol. The quantitative estimate of drug-likeness (QED) is 0.416. The molecule has 210 valence electrons. The number of carbonyl (C=O) groups is 2. The molecule has 5 aliphatic rings. The highest BCUT2D eigenvalue weighted by Crippen LogP contribution is 2.72. The lowest BCUT2D eigenvalue weighted by atomic mass is 9.35. The molecule has 0 heterocycles. The molecule has 0 saturated heterocycles. The highest BCUT2D eigenvalue weighted by molar-refractivity contribution is 7.46. The summed E-state index contributed by atoms with van der Waals surface area (Å²) in [5, 5.41) is 9.84. The number of hydrogen-bond donors (Lipinski definition) is 2. The Hall–Kier alpha value is -1.32. The van der Waals surface area contributed by atoms with E-state index in [1.54, 1.807) is 0 Å². The molecule has 8 unspecified atom stereocenters. The number of nitriles is 1. The Morgan fingerprint density at radius 1 is 1.00 bits per heavy atom. The third-order valence-corrected chi connectivity index (χ3v) is 12.8. The summed E-state index contributed by atoms with van der Waals surface area (Å²) in [5.74, 6) is 0.355. The molecule has 38 heavy (non-hydrogen) atoms. The fourth-order valence-corrected chi connectivity index (χ4v) is 10.9. The van der Waals surface area contributed by atoms with Crippen molar-refractivity contribution in [2.24, 2.45) is 56.7 Å². The van der Waals surface area contributed by atoms with E-state index in [0.717, 1.165) is 44.9 Å². The van der Waals surface area contributed by atoms with Gasteiger partial charge in [-0.15, -0.1) is 0 Å². The van der Waals surface area contributed by atoms with Crippen LogP contribution in [0.15, 0.2) is 11.6 Å². The number of fused-ring (bicyclic) bond motifs is 7. The second kappa shape index (κ2) is 8.59. The van der Waals surface area contributed by atoms with Gasteiger partial charge in [0, 0.05) is 17.8 Å². The van der Waals surface area contributed by atoms with E-state index in [9.17, 15) is 29.2 Å². The molecule has 0 aromatic rings. The van der Waals surface area contributed by atoms with E-state index in [1.165, 1.54) is 0 Å². The minimum absolute atomic E-state index is 0.000967. The molecule has 5 aliphatic carbocycles. The molecule has 4 fully saturated rings. The lowest BCUT2D eigenvalue weighted by molar-refractivity contribution is -0.193. The summed E-state index contributed by atoms with van der Waals surface area (Å²) in [6.45, 7) is 13.0. The normalized spacial score (nSPS) is 45.6. The van der Waals surface area contributed by atoms with Crippen molar-refractivity contribution in [3.63, 3.8) is 0 Å². The number of phosphoric ester groups is 1. The highest BCUT2D eigenvalue weighted by atomic mass is 31.2. The maximum Gasteiger partial charge on any atom is 0.469 e. The molecule has 0 amide bonds. The molecule has 7 nitrogen and oxygen atoms in total. The van der Waals surface area contributed by atoms with Crippen LogP contribution in [0.2, 0.25) is 0 Å². The standard InChI is InChI=1S/C30H44NO6P/c1-26(2)11-12-30(17-37-38(34,35)36)10-7-19-24(20(30)15-26)21(32)13-23-28(19,5)9-8-22-27(3,4)25(33)18(16-31)14-29(22,23)6/h14,19-20,22-24H,7-13,15,17H2,1-6H3,(H2,34,35,36). The van der Waals surface area contributed by atoms with Gasteiger partial charge in [-0.2, -0.15) is 5.26 Å². The Labute approximate surface area is 227 Å². The van der Waals surface area contributed by atoms with E-state index >= 15 is 0 Å². The number of rotatable bonds is 3. The minimum atomic E-state index is -4.62. The van der Waals surface area contributed by atoms with Crippen LogP contribution < -0.4 is 0 Å². The molecule has 8 heteroatoms. The number of allylic oxidation sites excluding steroid dienone is 2. The van der Waals surface area contributed by atoms with Crippen molar-refractivity contribution in [1.29, 1.82) is 5.26 Å². The Morgan fingerprint density at radius 2 is 1.68 bits per heavy atom. The van der Waals surface area contributed by atoms with Crippen LogP contribution >= 0.6 is 7.82 Å². The van der Waals surface area contributed by atoms with E-state index in [4.69, 9.17) is 4.52 Å². The Bertz CT molecular complexity index is 1180. The zero-order valence-electron chi connectivity index (χ0n) is 23.7. The van der Waals surface area contributed by atoms with Gasteiger partial charge in [-0.1, -0.05) is 47.6 Å². The molecule has 0 spiro atoms. The van der Waals surface area contributed by atoms with Crippen LogP contribution in [0.25, 0.3) is 0 Å². The average molecular weight is 546 g/mol. The Balaban J connectivity index is 1.56. The van der Waals surface area contributed by atoms with E-state index < -0.39 is 24.1 Å². The van der Waals surface area contributed by atoms with Gasteiger partial charge in [0.25, 0.3) is 0 Å². The lowest BCUT2D eigenvalue weighted by Gasteiger charge is -2.68. The number of ketones is 2. The fourth-order valence-electron chi connectivity index (χ4n) is 10.5. The van der Waals surface area contributed by atoms with Crippen molar-refractivity contribution >= 4 is 19.4 Å². The van der Waals surface area contributed by atoms with Gasteiger partial charge in [0.2, 0.25) is 0 Å². The number of Topliss-reactive ketones (excluding diaryl/α,β-unsaturated/α-hetero) is 2. The minimum Gasteiger partial charge on any atom is -0.303 e. The number of nitrogens with zero attached hydrogens (tertiary/aromatic N) is 1. The summed E-state index contributed by atoms with van der Waals surface area (Å²) in [6.07, 6.45) is 8.43. The van der Waals surface area contributed by atoms with Crippen LogP contribution in [0.5, 0.6) is 0 Å². The summed E-state index contributed by atoms with van der Waals surface area (Å²) >= 11 is 0. The summed E-state index contributed by atoms with van der Waals surface area (Å²) in [5.41, 5.74) is -1.29. The van der Waals surface area contributed by atoms with E-state index in [1.807, 2.05) is 19.9 Å². The van der Waals surface area contributed by atoms with Crippen molar-refractivity contribution < 1.29 is 28.5 Å². The summed E-state index contributed by atoms with van der Waals surface area (Å²) < 4.78 is 16.9. The smallest absolute Gasteiger partial charge is 0.303 e. The van der Waals surface area contributed by atoms with E-state index in [2.05, 4.69) is 33.8 Å². The first kappa shape index (κ1) is 28.2. The zero-order chi connectivity index (χ0) is 28.1. The van der Waals surface area contributed by atoms with Gasteiger partial charge < -0.3 is 9.79 Å². The topological polar surface area (TPSA) is 125 Å². The largest absolute Gasteiger partial charge is 0.469 e. The predicted octanol–water partition coefficient (Wildman–Crippen LogP) is 6.01. The van der Waals surface area contributed by atoms with Gasteiger partial charge in [0.05, 0.1) is 12.2 Å². The van der Waals surface area contributed by atoms with Crippen LogP contribution in [-0.2, 0) is 18.7 Å².